The maximum absolute atomic E-state index is 13.3. The second-order valence-electron chi connectivity index (χ2n) is 5.90. The van der Waals surface area contributed by atoms with Crippen molar-refractivity contribution in [3.63, 3.8) is 0 Å². The fourth-order valence-electron chi connectivity index (χ4n) is 2.31. The summed E-state index contributed by atoms with van der Waals surface area (Å²) in [6.07, 6.45) is -4.61. The topological polar surface area (TPSA) is 44.2 Å². The van der Waals surface area contributed by atoms with Gasteiger partial charge in [-0.05, 0) is 24.6 Å². The number of hydrogen-bond donors (Lipinski definition) is 0. The molecule has 0 unspecified atom stereocenters. The Hall–Kier alpha value is -2.74. The molecule has 28 heavy (non-hydrogen) atoms. The largest absolute Gasteiger partial charge is 0.493 e. The van der Waals surface area contributed by atoms with Crippen LogP contribution < -0.4 is 9.47 Å². The molecule has 3 aromatic rings. The van der Waals surface area contributed by atoms with Gasteiger partial charge in [0, 0.05) is 11.8 Å². The third kappa shape index (κ3) is 5.16. The molecule has 0 saturated carbocycles. The predicted octanol–water partition coefficient (Wildman–Crippen LogP) is 5.90. The van der Waals surface area contributed by atoms with Crippen molar-refractivity contribution in [1.82, 2.24) is 9.97 Å². The highest BCUT2D eigenvalue weighted by atomic mass is 32.2. The van der Waals surface area contributed by atoms with Gasteiger partial charge in [0.25, 0.3) is 0 Å². The van der Waals surface area contributed by atoms with Crippen molar-refractivity contribution < 1.29 is 22.6 Å². The van der Waals surface area contributed by atoms with Gasteiger partial charge in [-0.15, -0.1) is 0 Å². The SMILES string of the molecule is COc1ccccc1Oc1cc(C(F)(F)F)nc(SCc2ccc(C)cc2)n1. The summed E-state index contributed by atoms with van der Waals surface area (Å²) in [5.41, 5.74) is 1.01. The van der Waals surface area contributed by atoms with Gasteiger partial charge >= 0.3 is 6.18 Å². The molecule has 0 atom stereocenters. The van der Waals surface area contributed by atoms with Crippen LogP contribution in [-0.4, -0.2) is 17.1 Å². The minimum atomic E-state index is -4.61. The molecule has 0 aliphatic rings. The number of hydrogen-bond acceptors (Lipinski definition) is 5. The first-order chi connectivity index (χ1) is 13.3. The van der Waals surface area contributed by atoms with Crippen LogP contribution in [0.25, 0.3) is 0 Å². The highest BCUT2D eigenvalue weighted by Gasteiger charge is 2.34. The van der Waals surface area contributed by atoms with E-state index in [0.717, 1.165) is 29.0 Å². The number of aryl methyl sites for hydroxylation is 1. The summed E-state index contributed by atoms with van der Waals surface area (Å²) in [5, 5.41) is -0.0136. The smallest absolute Gasteiger partial charge is 0.433 e. The van der Waals surface area contributed by atoms with Gasteiger partial charge in [-0.3, -0.25) is 0 Å². The minimum Gasteiger partial charge on any atom is -0.493 e. The Morgan fingerprint density at radius 1 is 0.964 bits per heavy atom. The summed E-state index contributed by atoms with van der Waals surface area (Å²) in [6.45, 7) is 1.97. The molecule has 0 N–H and O–H groups in total. The van der Waals surface area contributed by atoms with E-state index in [1.54, 1.807) is 24.3 Å². The van der Waals surface area contributed by atoms with Crippen molar-refractivity contribution in [2.45, 2.75) is 24.0 Å². The standard InChI is InChI=1S/C20H17F3N2O2S/c1-13-7-9-14(10-8-13)12-28-19-24-17(20(21,22)23)11-18(25-19)27-16-6-4-3-5-15(16)26-2/h3-11H,12H2,1-2H3. The highest BCUT2D eigenvalue weighted by Crippen LogP contribution is 2.35. The zero-order valence-electron chi connectivity index (χ0n) is 15.2. The highest BCUT2D eigenvalue weighted by molar-refractivity contribution is 7.98. The van der Waals surface area contributed by atoms with Crippen molar-refractivity contribution in [3.8, 4) is 17.4 Å². The van der Waals surface area contributed by atoms with E-state index in [9.17, 15) is 13.2 Å². The number of alkyl halides is 3. The van der Waals surface area contributed by atoms with Gasteiger partial charge in [0.05, 0.1) is 7.11 Å². The van der Waals surface area contributed by atoms with Crippen LogP contribution in [0.3, 0.4) is 0 Å². The lowest BCUT2D eigenvalue weighted by Gasteiger charge is -2.12. The second-order valence-corrected chi connectivity index (χ2v) is 6.84. The van der Waals surface area contributed by atoms with E-state index in [1.807, 2.05) is 31.2 Å². The lowest BCUT2D eigenvalue weighted by atomic mass is 10.2. The van der Waals surface area contributed by atoms with E-state index in [1.165, 1.54) is 7.11 Å². The van der Waals surface area contributed by atoms with Crippen molar-refractivity contribution >= 4 is 11.8 Å². The lowest BCUT2D eigenvalue weighted by Crippen LogP contribution is -2.10. The van der Waals surface area contributed by atoms with Crippen molar-refractivity contribution in [2.75, 3.05) is 7.11 Å². The zero-order valence-corrected chi connectivity index (χ0v) is 16.0. The molecule has 1 heterocycles. The van der Waals surface area contributed by atoms with Crippen molar-refractivity contribution in [3.05, 3.63) is 71.4 Å². The Bertz CT molecular complexity index is 947. The number of halogens is 3. The number of rotatable bonds is 6. The summed E-state index contributed by atoms with van der Waals surface area (Å²) in [4.78, 5) is 7.76. The summed E-state index contributed by atoms with van der Waals surface area (Å²) in [5.74, 6) is 0.906. The van der Waals surface area contributed by atoms with Crippen LogP contribution in [0.4, 0.5) is 13.2 Å². The summed E-state index contributed by atoms with van der Waals surface area (Å²) >= 11 is 1.11. The monoisotopic (exact) mass is 406 g/mol. The first-order valence-electron chi connectivity index (χ1n) is 8.30. The third-order valence-electron chi connectivity index (χ3n) is 3.74. The molecule has 0 amide bonds. The Labute approximate surface area is 164 Å². The van der Waals surface area contributed by atoms with Crippen molar-refractivity contribution in [1.29, 1.82) is 0 Å². The number of ether oxygens (including phenoxy) is 2. The number of benzene rings is 2. The normalized spacial score (nSPS) is 11.3. The van der Waals surface area contributed by atoms with Crippen LogP contribution in [0.5, 0.6) is 17.4 Å². The zero-order chi connectivity index (χ0) is 20.1. The summed E-state index contributed by atoms with van der Waals surface area (Å²) < 4.78 is 50.5. The second kappa shape index (κ2) is 8.52. The van der Waals surface area contributed by atoms with E-state index in [-0.39, 0.29) is 16.8 Å². The Morgan fingerprint density at radius 2 is 1.64 bits per heavy atom. The van der Waals surface area contributed by atoms with Gasteiger partial charge in [0.15, 0.2) is 22.3 Å². The maximum atomic E-state index is 13.3. The Balaban J connectivity index is 1.87. The quantitative estimate of drug-likeness (QED) is 0.377. The summed E-state index contributed by atoms with van der Waals surface area (Å²) in [6, 6.07) is 15.2. The lowest BCUT2D eigenvalue weighted by molar-refractivity contribution is -0.141. The number of nitrogens with zero attached hydrogens (tertiary/aromatic N) is 2. The molecular weight excluding hydrogens is 389 g/mol. The molecule has 8 heteroatoms. The molecule has 0 fully saturated rings. The number of thioether (sulfide) groups is 1. The third-order valence-corrected chi connectivity index (χ3v) is 4.66. The van der Waals surface area contributed by atoms with Crippen LogP contribution in [0, 0.1) is 6.92 Å². The number of para-hydroxylation sites is 2. The molecule has 0 aliphatic carbocycles. The van der Waals surface area contributed by atoms with Gasteiger partial charge in [0.1, 0.15) is 0 Å². The minimum absolute atomic E-state index is 0.0136. The average Bonchev–Trinajstić information content (AvgIpc) is 2.67. The molecule has 0 saturated heterocycles. The molecule has 3 rings (SSSR count). The van der Waals surface area contributed by atoms with Crippen LogP contribution >= 0.6 is 11.8 Å². The number of methoxy groups -OCH3 is 1. The molecule has 0 spiro atoms. The molecular formula is C20H17F3N2O2S. The van der Waals surface area contributed by atoms with Gasteiger partial charge in [0.2, 0.25) is 5.88 Å². The van der Waals surface area contributed by atoms with Crippen LogP contribution in [0.2, 0.25) is 0 Å². The van der Waals surface area contributed by atoms with Gasteiger partial charge in [-0.2, -0.15) is 18.2 Å². The Kier molecular flexibility index (Phi) is 6.08. The van der Waals surface area contributed by atoms with Gasteiger partial charge in [-0.1, -0.05) is 53.7 Å². The van der Waals surface area contributed by atoms with E-state index >= 15 is 0 Å². The molecule has 0 radical (unpaired) electrons. The van der Waals surface area contributed by atoms with Crippen LogP contribution in [0.1, 0.15) is 16.8 Å². The molecule has 0 bridgehead atoms. The molecule has 4 nitrogen and oxygen atoms in total. The molecule has 146 valence electrons. The first-order valence-corrected chi connectivity index (χ1v) is 9.29. The van der Waals surface area contributed by atoms with Crippen LogP contribution in [-0.2, 0) is 11.9 Å². The molecule has 2 aromatic carbocycles. The van der Waals surface area contributed by atoms with Gasteiger partial charge < -0.3 is 9.47 Å². The average molecular weight is 406 g/mol. The first kappa shape index (κ1) is 20.0. The van der Waals surface area contributed by atoms with E-state index in [4.69, 9.17) is 9.47 Å². The van der Waals surface area contributed by atoms with E-state index in [2.05, 4.69) is 9.97 Å². The Morgan fingerprint density at radius 3 is 2.29 bits per heavy atom. The van der Waals surface area contributed by atoms with E-state index in [0.29, 0.717) is 11.5 Å². The fourth-order valence-corrected chi connectivity index (χ4v) is 3.12. The van der Waals surface area contributed by atoms with Crippen LogP contribution in [0.15, 0.2) is 59.8 Å². The molecule has 1 aromatic heterocycles. The van der Waals surface area contributed by atoms with E-state index < -0.39 is 11.9 Å². The predicted molar refractivity (Wildman–Crippen MR) is 101 cm³/mol. The molecule has 0 aliphatic heterocycles. The number of aromatic nitrogens is 2. The maximum Gasteiger partial charge on any atom is 0.433 e. The summed E-state index contributed by atoms with van der Waals surface area (Å²) in [7, 11) is 1.45. The fraction of sp³-hybridized carbons (Fsp3) is 0.200. The van der Waals surface area contributed by atoms with Gasteiger partial charge in [-0.25, -0.2) is 4.98 Å². The van der Waals surface area contributed by atoms with Crippen molar-refractivity contribution in [2.24, 2.45) is 0 Å².